The van der Waals surface area contributed by atoms with Gasteiger partial charge in [-0.3, -0.25) is 4.99 Å². The highest BCUT2D eigenvalue weighted by molar-refractivity contribution is 6.30. The molecule has 2 aliphatic carbocycles. The van der Waals surface area contributed by atoms with Crippen molar-refractivity contribution in [3.05, 3.63) is 34.9 Å². The molecule has 5 heteroatoms. The number of hydrogen-bond donors (Lipinski definition) is 1. The van der Waals surface area contributed by atoms with E-state index in [2.05, 4.69) is 34.4 Å². The zero-order chi connectivity index (χ0) is 16.2. The van der Waals surface area contributed by atoms with Crippen molar-refractivity contribution in [1.82, 2.24) is 10.2 Å². The van der Waals surface area contributed by atoms with E-state index in [1.54, 1.807) is 0 Å². The minimum Gasteiger partial charge on any atom is -0.379 e. The monoisotopic (exact) mass is 335 g/mol. The van der Waals surface area contributed by atoms with Crippen molar-refractivity contribution in [2.45, 2.75) is 31.2 Å². The minimum absolute atomic E-state index is 0.446. The Morgan fingerprint density at radius 2 is 2.26 bits per heavy atom. The summed E-state index contributed by atoms with van der Waals surface area (Å²) < 4.78 is 5.71. The smallest absolute Gasteiger partial charge is 0.193 e. The van der Waals surface area contributed by atoms with Crippen molar-refractivity contribution in [2.75, 3.05) is 33.9 Å². The fraction of sp³-hybridized carbons (Fsp3) is 0.611. The second kappa shape index (κ2) is 7.54. The normalized spacial score (nSPS) is 23.7. The zero-order valence-electron chi connectivity index (χ0n) is 14.0. The summed E-state index contributed by atoms with van der Waals surface area (Å²) in [5.74, 6) is 2.29. The van der Waals surface area contributed by atoms with Gasteiger partial charge in [-0.25, -0.2) is 0 Å². The Bertz CT molecular complexity index is 559. The first-order valence-electron chi connectivity index (χ1n) is 8.45. The van der Waals surface area contributed by atoms with E-state index in [-0.39, 0.29) is 0 Å². The second-order valence-electron chi connectivity index (χ2n) is 6.64. The van der Waals surface area contributed by atoms with Crippen LogP contribution in [0.3, 0.4) is 0 Å². The number of guanidine groups is 1. The number of ether oxygens (including phenoxy) is 1. The van der Waals surface area contributed by atoms with E-state index in [1.807, 2.05) is 19.2 Å². The van der Waals surface area contributed by atoms with Crippen LogP contribution >= 0.6 is 11.6 Å². The number of nitrogens with one attached hydrogen (secondary N) is 1. The van der Waals surface area contributed by atoms with Crippen LogP contribution in [0.25, 0.3) is 0 Å². The lowest BCUT2D eigenvalue weighted by atomic mass is 10.1. The van der Waals surface area contributed by atoms with Crippen molar-refractivity contribution in [3.8, 4) is 0 Å². The lowest BCUT2D eigenvalue weighted by Crippen LogP contribution is -2.42. The van der Waals surface area contributed by atoms with Crippen LogP contribution in [-0.2, 0) is 4.74 Å². The number of aliphatic imine (C=N–C) groups is 1. The molecule has 2 saturated carbocycles. The van der Waals surface area contributed by atoms with E-state index in [0.717, 1.165) is 43.1 Å². The Hall–Kier alpha value is -1.26. The fourth-order valence-corrected chi connectivity index (χ4v) is 3.01. The Balaban J connectivity index is 1.42. The molecule has 0 heterocycles. The molecule has 1 N–H and O–H groups in total. The summed E-state index contributed by atoms with van der Waals surface area (Å²) in [5, 5.41) is 4.36. The molecular formula is C18H26ClN3O. The summed E-state index contributed by atoms with van der Waals surface area (Å²) in [6, 6.07) is 8.60. The lowest BCUT2D eigenvalue weighted by Gasteiger charge is -2.22. The number of hydrogen-bond acceptors (Lipinski definition) is 2. The quantitative estimate of drug-likeness (QED) is 0.472. The Morgan fingerprint density at radius 3 is 2.96 bits per heavy atom. The summed E-state index contributed by atoms with van der Waals surface area (Å²) in [5.41, 5.74) is 1.31. The summed E-state index contributed by atoms with van der Waals surface area (Å²) in [6.45, 7) is 2.54. The van der Waals surface area contributed by atoms with Gasteiger partial charge in [-0.2, -0.15) is 0 Å². The first-order chi connectivity index (χ1) is 11.2. The molecule has 0 aromatic heterocycles. The van der Waals surface area contributed by atoms with Gasteiger partial charge in [0.1, 0.15) is 0 Å². The highest BCUT2D eigenvalue weighted by atomic mass is 35.5. The molecule has 1 aromatic rings. The molecule has 4 nitrogen and oxygen atoms in total. The summed E-state index contributed by atoms with van der Waals surface area (Å²) in [4.78, 5) is 6.53. The molecule has 2 fully saturated rings. The van der Waals surface area contributed by atoms with Gasteiger partial charge >= 0.3 is 0 Å². The van der Waals surface area contributed by atoms with Crippen LogP contribution in [0, 0.1) is 5.92 Å². The predicted molar refractivity (Wildman–Crippen MR) is 95.3 cm³/mol. The molecule has 0 radical (unpaired) electrons. The molecule has 126 valence electrons. The first-order valence-corrected chi connectivity index (χ1v) is 8.83. The maximum absolute atomic E-state index is 6.08. The molecule has 0 aliphatic heterocycles. The molecule has 1 aromatic carbocycles. The molecular weight excluding hydrogens is 310 g/mol. The number of likely N-dealkylation sites (N-methyl/N-ethyl adjacent to an activating group) is 1. The fourth-order valence-electron chi connectivity index (χ4n) is 2.81. The lowest BCUT2D eigenvalue weighted by molar-refractivity contribution is 0.115. The standard InChI is InChI=1S/C18H26ClN3O/c1-20-18(22(2)8-9-23-12-13-6-7-13)21-17-11-16(17)14-4-3-5-15(19)10-14/h3-5,10,13,16-17H,6-9,11-12H2,1-2H3,(H,20,21). The Labute approximate surface area is 143 Å². The van der Waals surface area contributed by atoms with Crippen molar-refractivity contribution in [1.29, 1.82) is 0 Å². The van der Waals surface area contributed by atoms with Crippen molar-refractivity contribution >= 4 is 17.6 Å². The largest absolute Gasteiger partial charge is 0.379 e. The predicted octanol–water partition coefficient (Wildman–Crippen LogP) is 3.13. The Kier molecular flexibility index (Phi) is 5.44. The zero-order valence-corrected chi connectivity index (χ0v) is 14.7. The van der Waals surface area contributed by atoms with Gasteiger partial charge in [0.2, 0.25) is 0 Å². The van der Waals surface area contributed by atoms with E-state index in [9.17, 15) is 0 Å². The third-order valence-corrected chi connectivity index (χ3v) is 4.81. The van der Waals surface area contributed by atoms with Gasteiger partial charge in [-0.1, -0.05) is 23.7 Å². The van der Waals surface area contributed by atoms with Crippen LogP contribution < -0.4 is 5.32 Å². The third-order valence-electron chi connectivity index (χ3n) is 4.58. The van der Waals surface area contributed by atoms with E-state index in [0.29, 0.717) is 12.0 Å². The van der Waals surface area contributed by atoms with Gasteiger partial charge in [0, 0.05) is 44.2 Å². The number of halogens is 1. The molecule has 2 atom stereocenters. The maximum Gasteiger partial charge on any atom is 0.193 e. The van der Waals surface area contributed by atoms with Gasteiger partial charge in [-0.15, -0.1) is 0 Å². The van der Waals surface area contributed by atoms with Gasteiger partial charge in [0.05, 0.1) is 6.61 Å². The second-order valence-corrected chi connectivity index (χ2v) is 7.07. The van der Waals surface area contributed by atoms with Gasteiger partial charge < -0.3 is 15.0 Å². The Morgan fingerprint density at radius 1 is 1.43 bits per heavy atom. The molecule has 23 heavy (non-hydrogen) atoms. The first kappa shape index (κ1) is 16.6. The molecule has 2 aliphatic rings. The molecule has 0 saturated heterocycles. The third kappa shape index (κ3) is 4.85. The van der Waals surface area contributed by atoms with Crippen LogP contribution in [0.4, 0.5) is 0 Å². The van der Waals surface area contributed by atoms with Gasteiger partial charge in [0.25, 0.3) is 0 Å². The maximum atomic E-state index is 6.08. The van der Waals surface area contributed by atoms with E-state index in [1.165, 1.54) is 18.4 Å². The topological polar surface area (TPSA) is 36.9 Å². The summed E-state index contributed by atoms with van der Waals surface area (Å²) in [6.07, 6.45) is 3.81. The summed E-state index contributed by atoms with van der Waals surface area (Å²) >= 11 is 6.08. The molecule has 0 bridgehead atoms. The van der Waals surface area contributed by atoms with Crippen molar-refractivity contribution in [2.24, 2.45) is 10.9 Å². The molecule has 0 amide bonds. The van der Waals surface area contributed by atoms with Crippen molar-refractivity contribution in [3.63, 3.8) is 0 Å². The summed E-state index contributed by atoms with van der Waals surface area (Å²) in [7, 11) is 3.90. The van der Waals surface area contributed by atoms with Gasteiger partial charge in [-0.05, 0) is 42.9 Å². The minimum atomic E-state index is 0.446. The highest BCUT2D eigenvalue weighted by Gasteiger charge is 2.39. The van der Waals surface area contributed by atoms with Gasteiger partial charge in [0.15, 0.2) is 5.96 Å². The van der Waals surface area contributed by atoms with Crippen LogP contribution in [0.15, 0.2) is 29.3 Å². The number of benzene rings is 1. The average Bonchev–Trinajstić information content (AvgIpc) is 3.44. The highest BCUT2D eigenvalue weighted by Crippen LogP contribution is 2.41. The SMILES string of the molecule is CN=C(NC1CC1c1cccc(Cl)c1)N(C)CCOCC1CC1. The average molecular weight is 336 g/mol. The number of nitrogens with zero attached hydrogens (tertiary/aromatic N) is 2. The molecule has 3 rings (SSSR count). The van der Waals surface area contributed by atoms with E-state index in [4.69, 9.17) is 16.3 Å². The van der Waals surface area contributed by atoms with E-state index < -0.39 is 0 Å². The van der Waals surface area contributed by atoms with Crippen molar-refractivity contribution < 1.29 is 4.74 Å². The van der Waals surface area contributed by atoms with Crippen LogP contribution in [0.2, 0.25) is 5.02 Å². The van der Waals surface area contributed by atoms with Crippen LogP contribution in [0.5, 0.6) is 0 Å². The van der Waals surface area contributed by atoms with Crippen LogP contribution in [0.1, 0.15) is 30.7 Å². The van der Waals surface area contributed by atoms with E-state index >= 15 is 0 Å². The molecule has 0 spiro atoms. The molecule has 2 unspecified atom stereocenters. The number of rotatable bonds is 7. The van der Waals surface area contributed by atoms with Crippen LogP contribution in [-0.4, -0.2) is 50.8 Å².